The number of benzene rings is 4. The van der Waals surface area contributed by atoms with Gasteiger partial charge in [0.05, 0.1) is 22.7 Å². The predicted octanol–water partition coefficient (Wildman–Crippen LogP) is 9.74. The summed E-state index contributed by atoms with van der Waals surface area (Å²) in [6.07, 6.45) is 3.40. The fraction of sp³-hybridized carbons (Fsp3) is 0.161. The molecule has 200 valence electrons. The number of azo groups is 2. The van der Waals surface area contributed by atoms with E-state index in [4.69, 9.17) is 4.99 Å². The average Bonchev–Trinajstić information content (AvgIpc) is 3.50. The van der Waals surface area contributed by atoms with Crippen molar-refractivity contribution in [2.45, 2.75) is 20.8 Å². The van der Waals surface area contributed by atoms with Crippen LogP contribution in [0.5, 0.6) is 5.75 Å². The summed E-state index contributed by atoms with van der Waals surface area (Å²) in [6, 6.07) is 23.1. The van der Waals surface area contributed by atoms with Crippen LogP contribution in [0.1, 0.15) is 25.0 Å². The second kappa shape index (κ2) is 12.4. The van der Waals surface area contributed by atoms with Crippen LogP contribution in [0.2, 0.25) is 0 Å². The maximum absolute atomic E-state index is 10.6. The van der Waals surface area contributed by atoms with Gasteiger partial charge in [0.15, 0.2) is 0 Å². The van der Waals surface area contributed by atoms with Gasteiger partial charge >= 0.3 is 0 Å². The van der Waals surface area contributed by atoms with Crippen LogP contribution in [-0.4, -0.2) is 29.4 Å². The predicted molar refractivity (Wildman–Crippen MR) is 165 cm³/mol. The Morgan fingerprint density at radius 2 is 1.55 bits per heavy atom. The van der Waals surface area contributed by atoms with Crippen molar-refractivity contribution in [1.82, 2.24) is 4.98 Å². The summed E-state index contributed by atoms with van der Waals surface area (Å²) in [5.41, 5.74) is 5.60. The highest BCUT2D eigenvalue weighted by Gasteiger charge is 2.08. The summed E-state index contributed by atoms with van der Waals surface area (Å²) in [6.45, 7) is 7.92. The van der Waals surface area contributed by atoms with Gasteiger partial charge in [-0.15, -0.1) is 26.7 Å². The highest BCUT2D eigenvalue weighted by Crippen LogP contribution is 2.35. The van der Waals surface area contributed by atoms with Crippen LogP contribution >= 0.6 is 11.3 Å². The van der Waals surface area contributed by atoms with Gasteiger partial charge in [0.2, 0.25) is 5.13 Å². The average molecular weight is 548 g/mol. The molecule has 0 aliphatic heterocycles. The molecule has 0 aliphatic carbocycles. The number of fused-ring (bicyclic) bond motifs is 1. The minimum Gasteiger partial charge on any atom is -0.507 e. The Morgan fingerprint density at radius 3 is 2.25 bits per heavy atom. The fourth-order valence-corrected chi connectivity index (χ4v) is 4.77. The number of phenols is 1. The van der Waals surface area contributed by atoms with E-state index in [0.717, 1.165) is 57.9 Å². The van der Waals surface area contributed by atoms with Gasteiger partial charge in [-0.25, -0.2) is 4.98 Å². The Balaban J connectivity index is 1.37. The highest BCUT2D eigenvalue weighted by atomic mass is 32.1. The van der Waals surface area contributed by atoms with Crippen LogP contribution in [0.25, 0.3) is 10.8 Å². The Labute approximate surface area is 237 Å². The molecule has 1 N–H and O–H groups in total. The second-order valence-electron chi connectivity index (χ2n) is 9.01. The third-order valence-corrected chi connectivity index (χ3v) is 7.14. The van der Waals surface area contributed by atoms with E-state index in [2.05, 4.69) is 44.2 Å². The standard InChI is InChI=1S/C31H29N7OS/c1-4-38(5-2)24-12-10-22(30(39)19-24)20-33-28-14-15-29(26-9-7-6-8-25(26)28)36-34-23-11-13-27(21(3)18-23)35-37-31-32-16-17-40-31/h6-20,39H,4-5H2,1-3H3. The van der Waals surface area contributed by atoms with Crippen molar-refractivity contribution in [2.75, 3.05) is 18.0 Å². The van der Waals surface area contributed by atoms with E-state index in [1.165, 1.54) is 11.3 Å². The molecule has 0 unspecified atom stereocenters. The molecule has 1 heterocycles. The number of aromatic nitrogens is 1. The number of aliphatic imine (C=N–C) groups is 1. The summed E-state index contributed by atoms with van der Waals surface area (Å²) >= 11 is 1.44. The maximum atomic E-state index is 10.6. The first kappa shape index (κ1) is 26.8. The van der Waals surface area contributed by atoms with Gasteiger partial charge in [-0.3, -0.25) is 4.99 Å². The van der Waals surface area contributed by atoms with Crippen molar-refractivity contribution >= 4 is 61.9 Å². The molecule has 0 bridgehead atoms. The summed E-state index contributed by atoms with van der Waals surface area (Å²) in [4.78, 5) is 11.0. The largest absolute Gasteiger partial charge is 0.507 e. The monoisotopic (exact) mass is 547 g/mol. The van der Waals surface area contributed by atoms with Crippen molar-refractivity contribution in [2.24, 2.45) is 25.4 Å². The topological polar surface area (TPSA) is 98.2 Å². The van der Waals surface area contributed by atoms with E-state index in [9.17, 15) is 5.11 Å². The summed E-state index contributed by atoms with van der Waals surface area (Å²) in [7, 11) is 0. The molecule has 0 fully saturated rings. The molecule has 0 saturated carbocycles. The molecule has 8 nitrogen and oxygen atoms in total. The third-order valence-electron chi connectivity index (χ3n) is 6.48. The van der Waals surface area contributed by atoms with E-state index in [-0.39, 0.29) is 5.75 Å². The zero-order chi connectivity index (χ0) is 27.9. The van der Waals surface area contributed by atoms with Crippen molar-refractivity contribution in [3.05, 3.63) is 95.5 Å². The number of rotatable bonds is 9. The van der Waals surface area contributed by atoms with Crippen LogP contribution in [0.15, 0.2) is 110 Å². The lowest BCUT2D eigenvalue weighted by Gasteiger charge is -2.21. The van der Waals surface area contributed by atoms with Crippen LogP contribution < -0.4 is 4.90 Å². The molecule has 0 aliphatic rings. The first-order valence-corrected chi connectivity index (χ1v) is 13.9. The van der Waals surface area contributed by atoms with E-state index >= 15 is 0 Å². The molecule has 0 radical (unpaired) electrons. The zero-order valence-electron chi connectivity index (χ0n) is 22.6. The van der Waals surface area contributed by atoms with Crippen LogP contribution in [0.4, 0.5) is 33.6 Å². The Kier molecular flexibility index (Phi) is 8.32. The summed E-state index contributed by atoms with van der Waals surface area (Å²) in [5.74, 6) is 0.203. The smallest absolute Gasteiger partial charge is 0.229 e. The molecule has 0 saturated heterocycles. The Hall–Kier alpha value is -4.76. The molecular weight excluding hydrogens is 518 g/mol. The number of hydrogen-bond acceptors (Lipinski definition) is 9. The van der Waals surface area contributed by atoms with Gasteiger partial charge in [0.25, 0.3) is 0 Å². The minimum absolute atomic E-state index is 0.203. The van der Waals surface area contributed by atoms with Crippen LogP contribution in [-0.2, 0) is 0 Å². The molecule has 0 spiro atoms. The Morgan fingerprint density at radius 1 is 0.825 bits per heavy atom. The van der Waals surface area contributed by atoms with E-state index in [0.29, 0.717) is 10.7 Å². The van der Waals surface area contributed by atoms with Gasteiger partial charge in [0.1, 0.15) is 5.75 Å². The number of anilines is 1. The molecule has 9 heteroatoms. The lowest BCUT2D eigenvalue weighted by Crippen LogP contribution is -2.21. The number of aromatic hydroxyl groups is 1. The van der Waals surface area contributed by atoms with E-state index in [1.807, 2.05) is 79.0 Å². The van der Waals surface area contributed by atoms with Gasteiger partial charge in [-0.1, -0.05) is 24.3 Å². The number of aryl methyl sites for hydroxylation is 1. The number of hydrogen-bond donors (Lipinski definition) is 1. The second-order valence-corrected chi connectivity index (χ2v) is 9.88. The lowest BCUT2D eigenvalue weighted by molar-refractivity contribution is 0.474. The van der Waals surface area contributed by atoms with Gasteiger partial charge in [0, 0.05) is 59.0 Å². The van der Waals surface area contributed by atoms with Crippen LogP contribution in [0, 0.1) is 6.92 Å². The molecule has 1 aromatic heterocycles. The van der Waals surface area contributed by atoms with Crippen molar-refractivity contribution in [1.29, 1.82) is 0 Å². The summed E-state index contributed by atoms with van der Waals surface area (Å²) in [5, 5.41) is 32.4. The van der Waals surface area contributed by atoms with Crippen molar-refractivity contribution in [3.8, 4) is 5.75 Å². The highest BCUT2D eigenvalue weighted by molar-refractivity contribution is 7.13. The Bertz CT molecular complexity index is 1710. The fourth-order valence-electron chi connectivity index (χ4n) is 4.32. The van der Waals surface area contributed by atoms with Gasteiger partial charge in [-0.05, 0) is 68.8 Å². The first-order chi connectivity index (χ1) is 19.6. The van der Waals surface area contributed by atoms with Gasteiger partial charge < -0.3 is 10.0 Å². The number of nitrogens with zero attached hydrogens (tertiary/aromatic N) is 7. The zero-order valence-corrected chi connectivity index (χ0v) is 23.4. The molecular formula is C31H29N7OS. The maximum Gasteiger partial charge on any atom is 0.229 e. The molecule has 5 rings (SSSR count). The SMILES string of the molecule is CCN(CC)c1ccc(C=Nc2ccc(N=Nc3ccc(N=Nc4nccs4)c(C)c3)c3ccccc23)c(O)c1. The van der Waals surface area contributed by atoms with Crippen LogP contribution in [0.3, 0.4) is 0 Å². The molecule has 5 aromatic rings. The quantitative estimate of drug-likeness (QED) is 0.147. The van der Waals surface area contributed by atoms with E-state index < -0.39 is 0 Å². The van der Waals surface area contributed by atoms with Crippen molar-refractivity contribution in [3.63, 3.8) is 0 Å². The third kappa shape index (κ3) is 6.10. The number of phenolic OH excluding ortho intramolecular Hbond substituents is 1. The van der Waals surface area contributed by atoms with Crippen molar-refractivity contribution < 1.29 is 5.11 Å². The molecule has 40 heavy (non-hydrogen) atoms. The minimum atomic E-state index is 0.203. The number of thiazole rings is 1. The first-order valence-electron chi connectivity index (χ1n) is 13.0. The lowest BCUT2D eigenvalue weighted by atomic mass is 10.1. The van der Waals surface area contributed by atoms with E-state index in [1.54, 1.807) is 18.5 Å². The van der Waals surface area contributed by atoms with Gasteiger partial charge in [-0.2, -0.15) is 5.11 Å². The molecule has 0 atom stereocenters. The summed E-state index contributed by atoms with van der Waals surface area (Å²) < 4.78 is 0. The normalized spacial score (nSPS) is 11.9. The molecule has 4 aromatic carbocycles. The molecule has 0 amide bonds.